The molecule has 1 aliphatic rings. The first-order valence-corrected chi connectivity index (χ1v) is 4.78. The highest BCUT2D eigenvalue weighted by Gasteiger charge is 2.32. The Balaban J connectivity index is 2.18. The molecule has 0 aliphatic carbocycles. The van der Waals surface area contributed by atoms with Crippen molar-refractivity contribution in [2.45, 2.75) is 13.0 Å². The van der Waals surface area contributed by atoms with Gasteiger partial charge in [0.1, 0.15) is 6.73 Å². The third-order valence-corrected chi connectivity index (χ3v) is 2.42. The van der Waals surface area contributed by atoms with Crippen molar-refractivity contribution in [2.75, 3.05) is 13.3 Å². The largest absolute Gasteiger partial charge is 0.343 e. The minimum atomic E-state index is -0.392. The van der Waals surface area contributed by atoms with Crippen molar-refractivity contribution in [3.8, 4) is 0 Å². The first-order valence-electron chi connectivity index (χ1n) is 4.78. The molecule has 0 radical (unpaired) electrons. The Morgan fingerprint density at radius 1 is 1.43 bits per heavy atom. The number of hydrogen-bond donors (Lipinski definition) is 0. The van der Waals surface area contributed by atoms with E-state index >= 15 is 0 Å². The van der Waals surface area contributed by atoms with Crippen LogP contribution in [-0.2, 0) is 9.53 Å². The van der Waals surface area contributed by atoms with Gasteiger partial charge in [-0.2, -0.15) is 0 Å². The minimum Gasteiger partial charge on any atom is -0.343 e. The van der Waals surface area contributed by atoms with Crippen molar-refractivity contribution in [1.82, 2.24) is 4.90 Å². The highest BCUT2D eigenvalue weighted by Crippen LogP contribution is 2.25. The summed E-state index contributed by atoms with van der Waals surface area (Å²) in [5.74, 6) is 0.0682. The van der Waals surface area contributed by atoms with Crippen LogP contribution in [0.5, 0.6) is 0 Å². The van der Waals surface area contributed by atoms with Crippen LogP contribution in [0.2, 0.25) is 0 Å². The molecule has 1 amide bonds. The normalized spacial score (nSPS) is 21.6. The average Bonchev–Trinajstić information content (AvgIpc) is 2.61. The molecule has 1 aliphatic heterocycles. The van der Waals surface area contributed by atoms with Crippen LogP contribution in [0.1, 0.15) is 18.6 Å². The van der Waals surface area contributed by atoms with Crippen molar-refractivity contribution >= 4 is 5.91 Å². The van der Waals surface area contributed by atoms with Crippen LogP contribution in [0.15, 0.2) is 30.3 Å². The SMILES string of the molecule is CCN1COC(c2ccccc2)C1=O. The summed E-state index contributed by atoms with van der Waals surface area (Å²) in [4.78, 5) is 13.4. The summed E-state index contributed by atoms with van der Waals surface area (Å²) in [7, 11) is 0. The summed E-state index contributed by atoms with van der Waals surface area (Å²) in [5, 5.41) is 0. The number of hydrogen-bond acceptors (Lipinski definition) is 2. The zero-order valence-electron chi connectivity index (χ0n) is 8.14. The van der Waals surface area contributed by atoms with Crippen LogP contribution in [0.25, 0.3) is 0 Å². The van der Waals surface area contributed by atoms with Crippen molar-refractivity contribution < 1.29 is 9.53 Å². The molecule has 0 spiro atoms. The molecule has 1 aromatic rings. The highest BCUT2D eigenvalue weighted by atomic mass is 16.5. The van der Waals surface area contributed by atoms with E-state index in [1.165, 1.54) is 0 Å². The molecule has 0 bridgehead atoms. The second-order valence-electron chi connectivity index (χ2n) is 3.28. The van der Waals surface area contributed by atoms with E-state index in [1.54, 1.807) is 4.90 Å². The summed E-state index contributed by atoms with van der Waals surface area (Å²) in [6, 6.07) is 9.60. The van der Waals surface area contributed by atoms with E-state index in [0.29, 0.717) is 13.3 Å². The van der Waals surface area contributed by atoms with Gasteiger partial charge in [0.2, 0.25) is 0 Å². The molecule has 0 N–H and O–H groups in total. The highest BCUT2D eigenvalue weighted by molar-refractivity contribution is 5.83. The van der Waals surface area contributed by atoms with E-state index in [9.17, 15) is 4.79 Å². The van der Waals surface area contributed by atoms with Crippen molar-refractivity contribution in [3.63, 3.8) is 0 Å². The molecule has 74 valence electrons. The number of rotatable bonds is 2. The van der Waals surface area contributed by atoms with Crippen LogP contribution in [-0.4, -0.2) is 24.1 Å². The third-order valence-electron chi connectivity index (χ3n) is 2.42. The average molecular weight is 191 g/mol. The number of ether oxygens (including phenoxy) is 1. The molecule has 1 unspecified atom stereocenters. The van der Waals surface area contributed by atoms with E-state index in [0.717, 1.165) is 5.56 Å². The Labute approximate surface area is 83.3 Å². The molecular formula is C11H13NO2. The number of carbonyl (C=O) groups excluding carboxylic acids is 1. The van der Waals surface area contributed by atoms with Crippen molar-refractivity contribution in [2.24, 2.45) is 0 Å². The van der Waals surface area contributed by atoms with Gasteiger partial charge in [-0.3, -0.25) is 4.79 Å². The summed E-state index contributed by atoms with van der Waals surface area (Å²) in [6.07, 6.45) is -0.392. The summed E-state index contributed by atoms with van der Waals surface area (Å²) in [6.45, 7) is 3.08. The maximum Gasteiger partial charge on any atom is 0.258 e. The molecule has 3 heteroatoms. The molecule has 1 fully saturated rings. The molecule has 14 heavy (non-hydrogen) atoms. The van der Waals surface area contributed by atoms with E-state index in [2.05, 4.69) is 0 Å². The van der Waals surface area contributed by atoms with Gasteiger partial charge in [0.25, 0.3) is 5.91 Å². The smallest absolute Gasteiger partial charge is 0.258 e. The van der Waals surface area contributed by atoms with Crippen LogP contribution in [0.3, 0.4) is 0 Å². The van der Waals surface area contributed by atoms with Gasteiger partial charge < -0.3 is 9.64 Å². The zero-order valence-corrected chi connectivity index (χ0v) is 8.14. The third kappa shape index (κ3) is 1.51. The van der Waals surface area contributed by atoms with E-state index in [1.807, 2.05) is 37.3 Å². The van der Waals surface area contributed by atoms with E-state index in [4.69, 9.17) is 4.74 Å². The zero-order chi connectivity index (χ0) is 9.97. The van der Waals surface area contributed by atoms with Crippen LogP contribution in [0.4, 0.5) is 0 Å². The molecule has 0 aromatic heterocycles. The molecule has 1 saturated heterocycles. The fraction of sp³-hybridized carbons (Fsp3) is 0.364. The van der Waals surface area contributed by atoms with Crippen molar-refractivity contribution in [3.05, 3.63) is 35.9 Å². The molecule has 1 atom stereocenters. The van der Waals surface area contributed by atoms with Gasteiger partial charge in [-0.1, -0.05) is 30.3 Å². The van der Waals surface area contributed by atoms with Gasteiger partial charge in [-0.05, 0) is 12.5 Å². The predicted octanol–water partition coefficient (Wildman–Crippen LogP) is 1.56. The van der Waals surface area contributed by atoms with E-state index in [-0.39, 0.29) is 5.91 Å². The fourth-order valence-electron chi connectivity index (χ4n) is 1.58. The van der Waals surface area contributed by atoms with Crippen LogP contribution in [0, 0.1) is 0 Å². The van der Waals surface area contributed by atoms with Gasteiger partial charge >= 0.3 is 0 Å². The lowest BCUT2D eigenvalue weighted by molar-refractivity contribution is -0.130. The maximum absolute atomic E-state index is 11.7. The lowest BCUT2D eigenvalue weighted by Gasteiger charge is -2.10. The molecule has 3 nitrogen and oxygen atoms in total. The summed E-state index contributed by atoms with van der Waals surface area (Å²) < 4.78 is 5.43. The Hall–Kier alpha value is -1.35. The minimum absolute atomic E-state index is 0.0682. The number of likely N-dealkylation sites (N-methyl/N-ethyl adjacent to an activating group) is 1. The number of carbonyl (C=O) groups is 1. The second-order valence-corrected chi connectivity index (χ2v) is 3.28. The fourth-order valence-corrected chi connectivity index (χ4v) is 1.58. The van der Waals surface area contributed by atoms with E-state index < -0.39 is 6.10 Å². The predicted molar refractivity (Wildman–Crippen MR) is 52.5 cm³/mol. The second kappa shape index (κ2) is 3.80. The molecule has 2 rings (SSSR count). The number of amides is 1. The topological polar surface area (TPSA) is 29.5 Å². The molecular weight excluding hydrogens is 178 g/mol. The molecule has 0 saturated carbocycles. The summed E-state index contributed by atoms with van der Waals surface area (Å²) in [5.41, 5.74) is 0.938. The van der Waals surface area contributed by atoms with Gasteiger partial charge in [0.15, 0.2) is 6.10 Å². The van der Waals surface area contributed by atoms with Crippen LogP contribution < -0.4 is 0 Å². The monoisotopic (exact) mass is 191 g/mol. The maximum atomic E-state index is 11.7. The Morgan fingerprint density at radius 3 is 2.71 bits per heavy atom. The van der Waals surface area contributed by atoms with Gasteiger partial charge in [0, 0.05) is 6.54 Å². The van der Waals surface area contributed by atoms with Gasteiger partial charge in [-0.15, -0.1) is 0 Å². The number of benzene rings is 1. The molecule has 1 heterocycles. The Morgan fingerprint density at radius 2 is 2.14 bits per heavy atom. The Bertz CT molecular complexity index is 323. The lowest BCUT2D eigenvalue weighted by atomic mass is 10.1. The summed E-state index contributed by atoms with van der Waals surface area (Å²) >= 11 is 0. The number of nitrogens with zero attached hydrogens (tertiary/aromatic N) is 1. The molecule has 1 aromatic carbocycles. The van der Waals surface area contributed by atoms with Gasteiger partial charge in [0.05, 0.1) is 0 Å². The quantitative estimate of drug-likeness (QED) is 0.710. The first kappa shape index (κ1) is 9.21. The first-order chi connectivity index (χ1) is 6.83. The van der Waals surface area contributed by atoms with Crippen molar-refractivity contribution in [1.29, 1.82) is 0 Å². The standard InChI is InChI=1S/C11H13NO2/c1-2-12-8-14-10(11(12)13)9-6-4-3-5-7-9/h3-7,10H,2,8H2,1H3. The van der Waals surface area contributed by atoms with Gasteiger partial charge in [-0.25, -0.2) is 0 Å². The van der Waals surface area contributed by atoms with Crippen LogP contribution >= 0.6 is 0 Å². The Kier molecular flexibility index (Phi) is 2.50. The lowest BCUT2D eigenvalue weighted by Crippen LogP contribution is -2.26.